The van der Waals surface area contributed by atoms with Crippen LogP contribution in [-0.2, 0) is 9.59 Å². The summed E-state index contributed by atoms with van der Waals surface area (Å²) in [5, 5.41) is 2.93. The lowest BCUT2D eigenvalue weighted by molar-refractivity contribution is -0.153. The Hall–Kier alpha value is -1.06. The third-order valence-corrected chi connectivity index (χ3v) is 4.40. The molecule has 0 radical (unpaired) electrons. The molecule has 2 unspecified atom stereocenters. The number of nitrogens with one attached hydrogen (secondary N) is 1. The molecule has 1 N–H and O–H groups in total. The molecule has 1 aliphatic rings. The Bertz CT molecular complexity index is 388. The Balaban J connectivity index is 3.03. The minimum Gasteiger partial charge on any atom is -0.342 e. The molecule has 0 aromatic heterocycles. The van der Waals surface area contributed by atoms with Crippen molar-refractivity contribution in [2.24, 2.45) is 17.3 Å². The highest BCUT2D eigenvalue weighted by molar-refractivity contribution is 5.97. The van der Waals surface area contributed by atoms with Crippen molar-refractivity contribution >= 4 is 11.8 Å². The highest BCUT2D eigenvalue weighted by Crippen LogP contribution is 2.27. The molecule has 1 rings (SSSR count). The second-order valence-corrected chi connectivity index (χ2v) is 7.86. The molecule has 0 saturated carbocycles. The van der Waals surface area contributed by atoms with Crippen LogP contribution in [0.3, 0.4) is 0 Å². The van der Waals surface area contributed by atoms with Crippen LogP contribution in [0.2, 0.25) is 0 Å². The van der Waals surface area contributed by atoms with E-state index in [-0.39, 0.29) is 35.2 Å². The molecular weight excluding hydrogens is 264 g/mol. The molecule has 2 atom stereocenters. The van der Waals surface area contributed by atoms with Crippen LogP contribution >= 0.6 is 0 Å². The molecule has 1 heterocycles. The molecule has 21 heavy (non-hydrogen) atoms. The standard InChI is InChI=1S/C17H32N2O2/c1-8-17(6,7)10-19-14(12(4)5)15(20)18-13(16(19)21)9-11(2)3/h11-14H,8-10H2,1-7H3,(H,18,20). The first-order valence-corrected chi connectivity index (χ1v) is 8.20. The van der Waals surface area contributed by atoms with Gasteiger partial charge in [0.05, 0.1) is 0 Å². The lowest BCUT2D eigenvalue weighted by Crippen LogP contribution is -2.66. The molecule has 4 heteroatoms. The molecule has 0 aromatic carbocycles. The Morgan fingerprint density at radius 1 is 1.19 bits per heavy atom. The molecule has 0 aromatic rings. The van der Waals surface area contributed by atoms with E-state index in [0.29, 0.717) is 18.9 Å². The zero-order valence-corrected chi connectivity index (χ0v) is 14.7. The molecule has 122 valence electrons. The third kappa shape index (κ3) is 4.45. The largest absolute Gasteiger partial charge is 0.342 e. The van der Waals surface area contributed by atoms with E-state index in [1.807, 2.05) is 18.7 Å². The summed E-state index contributed by atoms with van der Waals surface area (Å²) in [6, 6.07) is -0.702. The summed E-state index contributed by atoms with van der Waals surface area (Å²) in [6.07, 6.45) is 1.69. The molecule has 1 saturated heterocycles. The van der Waals surface area contributed by atoms with Gasteiger partial charge in [0, 0.05) is 6.54 Å². The summed E-state index contributed by atoms with van der Waals surface area (Å²) in [4.78, 5) is 27.1. The molecule has 0 aliphatic carbocycles. The van der Waals surface area contributed by atoms with Crippen LogP contribution in [0.5, 0.6) is 0 Å². The molecule has 0 spiro atoms. The van der Waals surface area contributed by atoms with E-state index in [9.17, 15) is 9.59 Å². The minimum absolute atomic E-state index is 0.00199. The Morgan fingerprint density at radius 2 is 1.76 bits per heavy atom. The SMILES string of the molecule is CCC(C)(C)CN1C(=O)C(CC(C)C)NC(=O)C1C(C)C. The second kappa shape index (κ2) is 6.80. The summed E-state index contributed by atoms with van der Waals surface area (Å²) in [5.74, 6) is 0.600. The van der Waals surface area contributed by atoms with Gasteiger partial charge in [-0.25, -0.2) is 0 Å². The van der Waals surface area contributed by atoms with E-state index in [1.165, 1.54) is 0 Å². The van der Waals surface area contributed by atoms with Crippen LogP contribution in [0.15, 0.2) is 0 Å². The van der Waals surface area contributed by atoms with Gasteiger partial charge in [-0.05, 0) is 30.1 Å². The lowest BCUT2D eigenvalue weighted by Gasteiger charge is -2.44. The van der Waals surface area contributed by atoms with E-state index in [4.69, 9.17) is 0 Å². The fourth-order valence-corrected chi connectivity index (χ4v) is 2.84. The predicted octanol–water partition coefficient (Wildman–Crippen LogP) is 2.82. The van der Waals surface area contributed by atoms with Gasteiger partial charge in [0.25, 0.3) is 0 Å². The number of amides is 2. The number of hydrogen-bond acceptors (Lipinski definition) is 2. The van der Waals surface area contributed by atoms with Crippen molar-refractivity contribution in [2.75, 3.05) is 6.54 Å². The second-order valence-electron chi connectivity index (χ2n) is 7.86. The Kier molecular flexibility index (Phi) is 5.83. The zero-order chi connectivity index (χ0) is 16.4. The summed E-state index contributed by atoms with van der Waals surface area (Å²) in [5.41, 5.74) is 0.0306. The fraction of sp³-hybridized carbons (Fsp3) is 0.882. The third-order valence-electron chi connectivity index (χ3n) is 4.40. The first kappa shape index (κ1) is 18.0. The number of carbonyl (C=O) groups is 2. The van der Waals surface area contributed by atoms with E-state index >= 15 is 0 Å². The van der Waals surface area contributed by atoms with Crippen LogP contribution in [-0.4, -0.2) is 35.3 Å². The van der Waals surface area contributed by atoms with Crippen molar-refractivity contribution in [3.8, 4) is 0 Å². The van der Waals surface area contributed by atoms with Gasteiger partial charge in [-0.3, -0.25) is 9.59 Å². The quantitative estimate of drug-likeness (QED) is 0.819. The van der Waals surface area contributed by atoms with Gasteiger partial charge in [0.1, 0.15) is 12.1 Å². The van der Waals surface area contributed by atoms with Gasteiger partial charge in [-0.1, -0.05) is 48.5 Å². The zero-order valence-electron chi connectivity index (χ0n) is 14.7. The van der Waals surface area contributed by atoms with Crippen LogP contribution in [0.1, 0.15) is 61.3 Å². The lowest BCUT2D eigenvalue weighted by atomic mass is 9.86. The summed E-state index contributed by atoms with van der Waals surface area (Å²) in [7, 11) is 0. The predicted molar refractivity (Wildman–Crippen MR) is 85.8 cm³/mol. The van der Waals surface area contributed by atoms with E-state index < -0.39 is 0 Å². The molecule has 2 amide bonds. The summed E-state index contributed by atoms with van der Waals surface area (Å²) in [6.45, 7) is 15.3. The van der Waals surface area contributed by atoms with E-state index in [0.717, 1.165) is 6.42 Å². The van der Waals surface area contributed by atoms with Gasteiger partial charge in [-0.15, -0.1) is 0 Å². The van der Waals surface area contributed by atoms with Crippen molar-refractivity contribution in [3.05, 3.63) is 0 Å². The first-order chi connectivity index (χ1) is 9.59. The Labute approximate surface area is 129 Å². The number of rotatable bonds is 6. The van der Waals surface area contributed by atoms with Gasteiger partial charge in [0.15, 0.2) is 0 Å². The molecule has 1 aliphatic heterocycles. The number of nitrogens with zero attached hydrogens (tertiary/aromatic N) is 1. The maximum absolute atomic E-state index is 12.8. The Morgan fingerprint density at radius 3 is 2.19 bits per heavy atom. The minimum atomic E-state index is -0.361. The molecule has 1 fully saturated rings. The number of piperazine rings is 1. The van der Waals surface area contributed by atoms with Crippen molar-refractivity contribution in [1.29, 1.82) is 0 Å². The van der Waals surface area contributed by atoms with Crippen LogP contribution in [0.25, 0.3) is 0 Å². The topological polar surface area (TPSA) is 49.4 Å². The normalized spacial score (nSPS) is 24.0. The molecule has 4 nitrogen and oxygen atoms in total. The van der Waals surface area contributed by atoms with Gasteiger partial charge >= 0.3 is 0 Å². The fourth-order valence-electron chi connectivity index (χ4n) is 2.84. The summed E-state index contributed by atoms with van der Waals surface area (Å²) < 4.78 is 0. The average Bonchev–Trinajstić information content (AvgIpc) is 2.33. The first-order valence-electron chi connectivity index (χ1n) is 8.20. The van der Waals surface area contributed by atoms with Crippen LogP contribution in [0.4, 0.5) is 0 Å². The maximum atomic E-state index is 12.8. The number of carbonyl (C=O) groups excluding carboxylic acids is 2. The molecule has 0 bridgehead atoms. The molecular formula is C17H32N2O2. The van der Waals surface area contributed by atoms with Crippen molar-refractivity contribution in [1.82, 2.24) is 10.2 Å². The number of hydrogen-bond donors (Lipinski definition) is 1. The van der Waals surface area contributed by atoms with Gasteiger partial charge in [-0.2, -0.15) is 0 Å². The van der Waals surface area contributed by atoms with E-state index in [2.05, 4.69) is 39.9 Å². The van der Waals surface area contributed by atoms with Crippen molar-refractivity contribution < 1.29 is 9.59 Å². The van der Waals surface area contributed by atoms with Crippen molar-refractivity contribution in [3.63, 3.8) is 0 Å². The van der Waals surface area contributed by atoms with Crippen LogP contribution in [0, 0.1) is 17.3 Å². The highest BCUT2D eigenvalue weighted by atomic mass is 16.2. The summed E-state index contributed by atoms with van der Waals surface area (Å²) >= 11 is 0. The van der Waals surface area contributed by atoms with Gasteiger partial charge in [0.2, 0.25) is 11.8 Å². The van der Waals surface area contributed by atoms with Gasteiger partial charge < -0.3 is 10.2 Å². The van der Waals surface area contributed by atoms with E-state index in [1.54, 1.807) is 0 Å². The highest BCUT2D eigenvalue weighted by Gasteiger charge is 2.43. The van der Waals surface area contributed by atoms with Crippen LogP contribution < -0.4 is 5.32 Å². The smallest absolute Gasteiger partial charge is 0.245 e. The average molecular weight is 296 g/mol. The maximum Gasteiger partial charge on any atom is 0.245 e. The van der Waals surface area contributed by atoms with Crippen molar-refractivity contribution in [2.45, 2.75) is 73.4 Å². The monoisotopic (exact) mass is 296 g/mol.